The molecular weight excluding hydrogens is 286 g/mol. The van der Waals surface area contributed by atoms with E-state index in [2.05, 4.69) is 5.32 Å². The number of halogens is 1. The van der Waals surface area contributed by atoms with Gasteiger partial charge in [0.05, 0.1) is 10.6 Å². The number of benzene rings is 1. The summed E-state index contributed by atoms with van der Waals surface area (Å²) in [6.07, 6.45) is 7.60. The molecule has 4 heteroatoms. The zero-order chi connectivity index (χ0) is 14.7. The van der Waals surface area contributed by atoms with Crippen molar-refractivity contribution in [2.75, 3.05) is 6.61 Å². The predicted molar refractivity (Wildman–Crippen MR) is 84.8 cm³/mol. The molecule has 0 radical (unpaired) electrons. The van der Waals surface area contributed by atoms with Crippen LogP contribution in [0.25, 0.3) is 0 Å². The summed E-state index contributed by atoms with van der Waals surface area (Å²) in [5.74, 6) is 0.672. The first-order valence-corrected chi connectivity index (χ1v) is 8.39. The van der Waals surface area contributed by atoms with Gasteiger partial charge in [0.1, 0.15) is 12.4 Å². The Bertz CT molecular complexity index is 482. The van der Waals surface area contributed by atoms with E-state index in [1.807, 2.05) is 18.2 Å². The Balaban J connectivity index is 1.54. The van der Waals surface area contributed by atoms with Gasteiger partial charge in [0, 0.05) is 12.6 Å². The Labute approximate surface area is 131 Å². The molecule has 0 amide bonds. The van der Waals surface area contributed by atoms with Gasteiger partial charge in [-0.15, -0.1) is 0 Å². The van der Waals surface area contributed by atoms with Crippen LogP contribution in [0.3, 0.4) is 0 Å². The molecule has 2 fully saturated rings. The molecular formula is C17H24ClNO2. The molecule has 116 valence electrons. The van der Waals surface area contributed by atoms with Crippen LogP contribution in [0, 0.1) is 0 Å². The third-order valence-electron chi connectivity index (χ3n) is 4.45. The summed E-state index contributed by atoms with van der Waals surface area (Å²) in [6, 6.07) is 6.61. The van der Waals surface area contributed by atoms with Gasteiger partial charge in [-0.1, -0.05) is 36.9 Å². The van der Waals surface area contributed by atoms with Crippen LogP contribution in [0.2, 0.25) is 5.02 Å². The Morgan fingerprint density at radius 2 is 2.00 bits per heavy atom. The number of rotatable bonds is 6. The van der Waals surface area contributed by atoms with Crippen molar-refractivity contribution in [3.63, 3.8) is 0 Å². The average molecular weight is 310 g/mol. The van der Waals surface area contributed by atoms with Crippen LogP contribution in [-0.4, -0.2) is 23.4 Å². The first-order valence-electron chi connectivity index (χ1n) is 8.02. The maximum absolute atomic E-state index is 10.5. The van der Waals surface area contributed by atoms with E-state index in [0.29, 0.717) is 23.4 Å². The minimum atomic E-state index is -0.673. The zero-order valence-corrected chi connectivity index (χ0v) is 13.2. The van der Waals surface area contributed by atoms with E-state index in [-0.39, 0.29) is 0 Å². The van der Waals surface area contributed by atoms with E-state index in [4.69, 9.17) is 16.3 Å². The van der Waals surface area contributed by atoms with E-state index in [9.17, 15) is 5.11 Å². The lowest BCUT2D eigenvalue weighted by Gasteiger charge is -2.31. The van der Waals surface area contributed by atoms with Gasteiger partial charge in [-0.05, 0) is 43.4 Å². The van der Waals surface area contributed by atoms with Crippen LogP contribution in [0.15, 0.2) is 18.2 Å². The summed E-state index contributed by atoms with van der Waals surface area (Å²) in [5, 5.41) is 14.6. The SMILES string of the molecule is OC1(COc2ccc(CNC3CC3)cc2Cl)CCCCC1. The van der Waals surface area contributed by atoms with Gasteiger partial charge in [-0.3, -0.25) is 0 Å². The van der Waals surface area contributed by atoms with Crippen LogP contribution in [0.1, 0.15) is 50.5 Å². The summed E-state index contributed by atoms with van der Waals surface area (Å²) < 4.78 is 5.77. The monoisotopic (exact) mass is 309 g/mol. The largest absolute Gasteiger partial charge is 0.489 e. The maximum Gasteiger partial charge on any atom is 0.138 e. The van der Waals surface area contributed by atoms with Crippen molar-refractivity contribution in [2.45, 2.75) is 63.1 Å². The fourth-order valence-corrected chi connectivity index (χ4v) is 3.15. The Kier molecular flexibility index (Phi) is 4.72. The first kappa shape index (κ1) is 15.1. The van der Waals surface area contributed by atoms with Crippen molar-refractivity contribution in [1.82, 2.24) is 5.32 Å². The molecule has 3 nitrogen and oxygen atoms in total. The molecule has 0 aromatic heterocycles. The summed E-state index contributed by atoms with van der Waals surface area (Å²) in [4.78, 5) is 0. The van der Waals surface area contributed by atoms with E-state index < -0.39 is 5.60 Å². The third kappa shape index (κ3) is 4.35. The lowest BCUT2D eigenvalue weighted by Crippen LogP contribution is -2.37. The number of hydrogen-bond acceptors (Lipinski definition) is 3. The second-order valence-corrected chi connectivity index (χ2v) is 6.90. The van der Waals surface area contributed by atoms with Gasteiger partial charge in [0.25, 0.3) is 0 Å². The van der Waals surface area contributed by atoms with Gasteiger partial charge < -0.3 is 15.2 Å². The van der Waals surface area contributed by atoms with E-state index in [1.54, 1.807) is 0 Å². The normalized spacial score (nSPS) is 21.2. The molecule has 21 heavy (non-hydrogen) atoms. The first-order chi connectivity index (χ1) is 10.1. The molecule has 2 N–H and O–H groups in total. The van der Waals surface area contributed by atoms with Gasteiger partial charge in [0.2, 0.25) is 0 Å². The number of ether oxygens (including phenoxy) is 1. The molecule has 1 aromatic carbocycles. The number of hydrogen-bond donors (Lipinski definition) is 2. The van der Waals surface area contributed by atoms with Gasteiger partial charge in [-0.2, -0.15) is 0 Å². The molecule has 0 unspecified atom stereocenters. The van der Waals surface area contributed by atoms with E-state index in [1.165, 1.54) is 24.8 Å². The minimum Gasteiger partial charge on any atom is -0.489 e. The molecule has 2 aliphatic carbocycles. The predicted octanol–water partition coefficient (Wildman–Crippen LogP) is 3.67. The summed E-state index contributed by atoms with van der Waals surface area (Å²) in [6.45, 7) is 1.20. The van der Waals surface area contributed by atoms with Crippen molar-refractivity contribution < 1.29 is 9.84 Å². The smallest absolute Gasteiger partial charge is 0.138 e. The van der Waals surface area contributed by atoms with Gasteiger partial charge >= 0.3 is 0 Å². The Hall–Kier alpha value is -0.770. The summed E-state index contributed by atoms with van der Waals surface area (Å²) >= 11 is 6.29. The standard InChI is InChI=1S/C17H24ClNO2/c18-15-10-13(11-19-14-5-6-14)4-7-16(15)21-12-17(20)8-2-1-3-9-17/h4,7,10,14,19-20H,1-3,5-6,8-9,11-12H2. The molecule has 0 saturated heterocycles. The highest BCUT2D eigenvalue weighted by molar-refractivity contribution is 6.32. The van der Waals surface area contributed by atoms with E-state index in [0.717, 1.165) is 32.2 Å². The van der Waals surface area contributed by atoms with Crippen molar-refractivity contribution in [3.8, 4) is 5.75 Å². The van der Waals surface area contributed by atoms with E-state index >= 15 is 0 Å². The summed E-state index contributed by atoms with van der Waals surface area (Å²) in [5.41, 5.74) is 0.504. The molecule has 3 rings (SSSR count). The third-order valence-corrected chi connectivity index (χ3v) is 4.74. The number of aliphatic hydroxyl groups is 1. The fraction of sp³-hybridized carbons (Fsp3) is 0.647. The van der Waals surface area contributed by atoms with Crippen LogP contribution >= 0.6 is 11.6 Å². The van der Waals surface area contributed by atoms with Gasteiger partial charge in [-0.25, -0.2) is 0 Å². The Morgan fingerprint density at radius 1 is 1.24 bits per heavy atom. The van der Waals surface area contributed by atoms with Crippen LogP contribution in [0.5, 0.6) is 5.75 Å². The van der Waals surface area contributed by atoms with Crippen LogP contribution < -0.4 is 10.1 Å². The number of nitrogens with one attached hydrogen (secondary N) is 1. The van der Waals surface area contributed by atoms with Crippen molar-refractivity contribution in [2.24, 2.45) is 0 Å². The van der Waals surface area contributed by atoms with Gasteiger partial charge in [0.15, 0.2) is 0 Å². The maximum atomic E-state index is 10.5. The van der Waals surface area contributed by atoms with Crippen LogP contribution in [-0.2, 0) is 6.54 Å². The average Bonchev–Trinajstić information content (AvgIpc) is 3.29. The molecule has 0 heterocycles. The van der Waals surface area contributed by atoms with Crippen molar-refractivity contribution in [3.05, 3.63) is 28.8 Å². The second kappa shape index (κ2) is 6.55. The van der Waals surface area contributed by atoms with Crippen molar-refractivity contribution >= 4 is 11.6 Å². The topological polar surface area (TPSA) is 41.5 Å². The molecule has 2 saturated carbocycles. The molecule has 2 aliphatic rings. The lowest BCUT2D eigenvalue weighted by atomic mass is 9.85. The Morgan fingerprint density at radius 3 is 2.67 bits per heavy atom. The molecule has 0 spiro atoms. The lowest BCUT2D eigenvalue weighted by molar-refractivity contribution is -0.0338. The highest BCUT2D eigenvalue weighted by Crippen LogP contribution is 2.31. The van der Waals surface area contributed by atoms with Crippen LogP contribution in [0.4, 0.5) is 0 Å². The molecule has 0 aliphatic heterocycles. The zero-order valence-electron chi connectivity index (χ0n) is 12.4. The molecule has 0 bridgehead atoms. The van der Waals surface area contributed by atoms with Crippen molar-refractivity contribution in [1.29, 1.82) is 0 Å². The highest BCUT2D eigenvalue weighted by atomic mass is 35.5. The molecule has 1 aromatic rings. The minimum absolute atomic E-state index is 0.340. The summed E-state index contributed by atoms with van der Waals surface area (Å²) in [7, 11) is 0. The molecule has 0 atom stereocenters. The highest BCUT2D eigenvalue weighted by Gasteiger charge is 2.30. The fourth-order valence-electron chi connectivity index (χ4n) is 2.89. The second-order valence-electron chi connectivity index (χ2n) is 6.49. The quantitative estimate of drug-likeness (QED) is 0.842.